The van der Waals surface area contributed by atoms with Crippen molar-refractivity contribution in [3.63, 3.8) is 0 Å². The molecule has 4 nitrogen and oxygen atoms in total. The Hall–Kier alpha value is -3.01. The molecule has 0 bridgehead atoms. The highest BCUT2D eigenvalue weighted by Crippen LogP contribution is 2.37. The molecule has 4 rings (SSSR count). The highest BCUT2D eigenvalue weighted by atomic mass is 16.2. The molecule has 1 heterocycles. The Morgan fingerprint density at radius 3 is 2.50 bits per heavy atom. The highest BCUT2D eigenvalue weighted by Gasteiger charge is 2.39. The van der Waals surface area contributed by atoms with Crippen LogP contribution < -0.4 is 5.32 Å². The summed E-state index contributed by atoms with van der Waals surface area (Å²) in [6.45, 7) is 4.11. The molecule has 1 aromatic heterocycles. The molecule has 1 aliphatic rings. The van der Waals surface area contributed by atoms with E-state index in [1.54, 1.807) is 12.4 Å². The van der Waals surface area contributed by atoms with Crippen molar-refractivity contribution in [2.24, 2.45) is 0 Å². The van der Waals surface area contributed by atoms with Gasteiger partial charge in [-0.25, -0.2) is 9.97 Å². The van der Waals surface area contributed by atoms with E-state index in [-0.39, 0.29) is 11.9 Å². The van der Waals surface area contributed by atoms with E-state index < -0.39 is 5.41 Å². The first-order valence-corrected chi connectivity index (χ1v) is 9.82. The number of carbonyl (C=O) groups is 1. The minimum atomic E-state index is -0.468. The lowest BCUT2D eigenvalue weighted by Crippen LogP contribution is -2.45. The molecule has 2 aromatic carbocycles. The quantitative estimate of drug-likeness (QED) is 0.728. The average Bonchev–Trinajstić information content (AvgIpc) is 2.75. The lowest BCUT2D eigenvalue weighted by molar-refractivity contribution is -0.127. The molecule has 1 aliphatic carbocycles. The number of carbonyl (C=O) groups excluding carboxylic acids is 1. The summed E-state index contributed by atoms with van der Waals surface area (Å²) in [4.78, 5) is 21.4. The maximum Gasteiger partial charge on any atom is 0.230 e. The fourth-order valence-electron chi connectivity index (χ4n) is 4.13. The summed E-state index contributed by atoms with van der Waals surface area (Å²) in [5, 5.41) is 3.24. The van der Waals surface area contributed by atoms with Gasteiger partial charge in [0, 0.05) is 18.0 Å². The van der Waals surface area contributed by atoms with E-state index in [9.17, 15) is 4.79 Å². The van der Waals surface area contributed by atoms with E-state index in [4.69, 9.17) is 0 Å². The van der Waals surface area contributed by atoms with Crippen molar-refractivity contribution in [1.82, 2.24) is 15.3 Å². The molecule has 0 unspecified atom stereocenters. The van der Waals surface area contributed by atoms with Crippen LogP contribution in [0.15, 0.2) is 67.3 Å². The topological polar surface area (TPSA) is 54.9 Å². The van der Waals surface area contributed by atoms with Gasteiger partial charge in [-0.05, 0) is 55.4 Å². The van der Waals surface area contributed by atoms with Crippen molar-refractivity contribution < 1.29 is 4.79 Å². The molecule has 0 aliphatic heterocycles. The summed E-state index contributed by atoms with van der Waals surface area (Å²) in [7, 11) is 0. The summed E-state index contributed by atoms with van der Waals surface area (Å²) < 4.78 is 0. The molecule has 2 atom stereocenters. The van der Waals surface area contributed by atoms with E-state index in [0.29, 0.717) is 0 Å². The number of nitrogens with one attached hydrogen (secondary N) is 1. The van der Waals surface area contributed by atoms with Gasteiger partial charge in [0.1, 0.15) is 6.33 Å². The Morgan fingerprint density at radius 2 is 1.75 bits per heavy atom. The predicted octanol–water partition coefficient (Wildman–Crippen LogP) is 4.62. The van der Waals surface area contributed by atoms with E-state index >= 15 is 0 Å². The second kappa shape index (κ2) is 7.55. The Labute approximate surface area is 166 Å². The number of nitrogens with zero attached hydrogens (tertiary/aromatic N) is 2. The van der Waals surface area contributed by atoms with Crippen LogP contribution in [0.3, 0.4) is 0 Å². The number of fused-ring (bicyclic) bond motifs is 1. The molecule has 3 aromatic rings. The fourth-order valence-corrected chi connectivity index (χ4v) is 4.13. The summed E-state index contributed by atoms with van der Waals surface area (Å²) >= 11 is 0. The van der Waals surface area contributed by atoms with Crippen molar-refractivity contribution in [3.05, 3.63) is 83.9 Å². The second-order valence-electron chi connectivity index (χ2n) is 7.79. The molecular formula is C24H25N3O. The van der Waals surface area contributed by atoms with Crippen LogP contribution >= 0.6 is 0 Å². The summed E-state index contributed by atoms with van der Waals surface area (Å²) in [6, 6.07) is 16.5. The zero-order valence-corrected chi connectivity index (χ0v) is 16.4. The maximum absolute atomic E-state index is 13.2. The Kier molecular flexibility index (Phi) is 4.95. The molecule has 0 radical (unpaired) electrons. The van der Waals surface area contributed by atoms with Gasteiger partial charge in [0.05, 0.1) is 11.5 Å². The van der Waals surface area contributed by atoms with E-state index in [1.165, 1.54) is 17.5 Å². The van der Waals surface area contributed by atoms with Gasteiger partial charge in [-0.2, -0.15) is 0 Å². The number of benzene rings is 2. The second-order valence-corrected chi connectivity index (χ2v) is 7.79. The molecule has 0 spiro atoms. The third-order valence-corrected chi connectivity index (χ3v) is 5.89. The van der Waals surface area contributed by atoms with Crippen molar-refractivity contribution in [3.8, 4) is 11.1 Å². The van der Waals surface area contributed by atoms with E-state index in [2.05, 4.69) is 52.5 Å². The number of hydrogen-bond acceptors (Lipinski definition) is 3. The monoisotopic (exact) mass is 371 g/mol. The molecule has 142 valence electrons. The molecule has 0 saturated heterocycles. The van der Waals surface area contributed by atoms with Gasteiger partial charge < -0.3 is 5.32 Å². The van der Waals surface area contributed by atoms with Crippen LogP contribution in [0.1, 0.15) is 49.4 Å². The third kappa shape index (κ3) is 3.42. The minimum Gasteiger partial charge on any atom is -0.349 e. The van der Waals surface area contributed by atoms with Crippen LogP contribution in [0.5, 0.6) is 0 Å². The molecule has 1 N–H and O–H groups in total. The minimum absolute atomic E-state index is 0.0560. The number of hydrogen-bond donors (Lipinski definition) is 1. The summed E-state index contributed by atoms with van der Waals surface area (Å²) in [6.07, 6.45) is 8.11. The van der Waals surface area contributed by atoms with Crippen LogP contribution in [0.4, 0.5) is 0 Å². The Bertz CT molecular complexity index is 969. The van der Waals surface area contributed by atoms with Gasteiger partial charge in [-0.1, -0.05) is 48.5 Å². The third-order valence-electron chi connectivity index (χ3n) is 5.89. The van der Waals surface area contributed by atoms with Crippen LogP contribution in [0.2, 0.25) is 0 Å². The first kappa shape index (κ1) is 18.4. The standard InChI is InChI=1S/C24H25N3O/c1-17(18-9-11-19(12-10-18)21-14-25-16-26-15-21)27-23(28)24(2)13-5-7-20-6-3-4-8-22(20)24/h3-4,6,8-12,14-17H,5,7,13H2,1-2H3,(H,27,28)/t17-,24-/m1/s1. The van der Waals surface area contributed by atoms with Gasteiger partial charge in [0.15, 0.2) is 0 Å². The van der Waals surface area contributed by atoms with Crippen molar-refractivity contribution >= 4 is 5.91 Å². The van der Waals surface area contributed by atoms with Gasteiger partial charge in [-0.3, -0.25) is 4.79 Å². The highest BCUT2D eigenvalue weighted by molar-refractivity contribution is 5.88. The Balaban J connectivity index is 1.51. The SMILES string of the molecule is C[C@@H](NC(=O)[C@]1(C)CCCc2ccccc21)c1ccc(-c2cncnc2)cc1. The van der Waals surface area contributed by atoms with Gasteiger partial charge in [0.2, 0.25) is 5.91 Å². The van der Waals surface area contributed by atoms with Gasteiger partial charge in [-0.15, -0.1) is 0 Å². The fraction of sp³-hybridized carbons (Fsp3) is 0.292. The molecule has 0 fully saturated rings. The van der Waals surface area contributed by atoms with Crippen molar-refractivity contribution in [2.45, 2.75) is 44.6 Å². The smallest absolute Gasteiger partial charge is 0.230 e. The zero-order valence-electron chi connectivity index (χ0n) is 16.4. The van der Waals surface area contributed by atoms with Crippen molar-refractivity contribution in [1.29, 1.82) is 0 Å². The number of amides is 1. The maximum atomic E-state index is 13.2. The molecular weight excluding hydrogens is 346 g/mol. The lowest BCUT2D eigenvalue weighted by Gasteiger charge is -2.35. The van der Waals surface area contributed by atoms with Crippen LogP contribution in [0, 0.1) is 0 Å². The number of aryl methyl sites for hydroxylation is 1. The average molecular weight is 371 g/mol. The largest absolute Gasteiger partial charge is 0.349 e. The Morgan fingerprint density at radius 1 is 1.04 bits per heavy atom. The first-order chi connectivity index (χ1) is 13.6. The molecule has 1 amide bonds. The summed E-state index contributed by atoms with van der Waals surface area (Å²) in [5.74, 6) is 0.104. The van der Waals surface area contributed by atoms with Gasteiger partial charge in [0.25, 0.3) is 0 Å². The lowest BCUT2D eigenvalue weighted by atomic mass is 9.70. The number of rotatable bonds is 4. The van der Waals surface area contributed by atoms with Crippen molar-refractivity contribution in [2.75, 3.05) is 0 Å². The summed E-state index contributed by atoms with van der Waals surface area (Å²) in [5.41, 5.74) is 5.14. The normalized spacial score (nSPS) is 19.5. The number of aromatic nitrogens is 2. The molecule has 28 heavy (non-hydrogen) atoms. The zero-order chi connectivity index (χ0) is 19.6. The predicted molar refractivity (Wildman–Crippen MR) is 111 cm³/mol. The van der Waals surface area contributed by atoms with Crippen LogP contribution in [0.25, 0.3) is 11.1 Å². The van der Waals surface area contributed by atoms with E-state index in [0.717, 1.165) is 36.0 Å². The molecule has 0 saturated carbocycles. The van der Waals surface area contributed by atoms with Crippen LogP contribution in [-0.2, 0) is 16.6 Å². The van der Waals surface area contributed by atoms with Crippen LogP contribution in [-0.4, -0.2) is 15.9 Å². The molecule has 4 heteroatoms. The van der Waals surface area contributed by atoms with E-state index in [1.807, 2.05) is 25.1 Å². The first-order valence-electron chi connectivity index (χ1n) is 9.82. The van der Waals surface area contributed by atoms with Gasteiger partial charge >= 0.3 is 0 Å².